The van der Waals surface area contributed by atoms with E-state index in [1.54, 1.807) is 42.7 Å². The molecule has 0 saturated heterocycles. The first-order valence-electron chi connectivity index (χ1n) is 14.4. The normalized spacial score (nSPS) is 15.6. The van der Waals surface area contributed by atoms with Gasteiger partial charge in [0.05, 0.1) is 76.8 Å². The number of hydrogen-bond acceptors (Lipinski definition) is 7. The fourth-order valence-electron chi connectivity index (χ4n) is 6.87. The third-order valence-corrected chi connectivity index (χ3v) is 16.1. The lowest BCUT2D eigenvalue weighted by atomic mass is 9.92. The van der Waals surface area contributed by atoms with E-state index in [0.29, 0.717) is 27.1 Å². The molecular weight excluding hydrogens is 597 g/mol. The maximum absolute atomic E-state index is 6.96. The van der Waals surface area contributed by atoms with Crippen molar-refractivity contribution in [1.82, 2.24) is 0 Å². The molecule has 0 spiro atoms. The van der Waals surface area contributed by atoms with Crippen LogP contribution in [-0.2, 0) is 4.43 Å². The van der Waals surface area contributed by atoms with Crippen LogP contribution in [0, 0.1) is 0 Å². The molecule has 0 bridgehead atoms. The zero-order valence-electron chi connectivity index (χ0n) is 26.9. The van der Waals surface area contributed by atoms with E-state index >= 15 is 0 Å². The van der Waals surface area contributed by atoms with Crippen molar-refractivity contribution in [2.24, 2.45) is 0 Å². The summed E-state index contributed by atoms with van der Waals surface area (Å²) in [5.74, 6) is 4.87. The van der Waals surface area contributed by atoms with Gasteiger partial charge in [0.1, 0.15) is 10.5 Å². The number of hydrogen-bond donors (Lipinski definition) is 0. The molecule has 3 atom stereocenters. The van der Waals surface area contributed by atoms with E-state index in [-0.39, 0.29) is 5.60 Å². The number of methoxy groups -OCH3 is 6. The molecule has 0 heterocycles. The van der Waals surface area contributed by atoms with Gasteiger partial charge in [-0.25, -0.2) is 0 Å². The summed E-state index contributed by atoms with van der Waals surface area (Å²) in [5, 5.41) is 3.77. The topological polar surface area (TPSA) is 64.6 Å². The summed E-state index contributed by atoms with van der Waals surface area (Å²) in [5.41, 5.74) is 0.672. The lowest BCUT2D eigenvalue weighted by molar-refractivity contribution is 0.0678. The first-order valence-corrected chi connectivity index (χ1v) is 19.8. The van der Waals surface area contributed by atoms with Crippen molar-refractivity contribution in [3.05, 3.63) is 54.6 Å². The van der Waals surface area contributed by atoms with Crippen LogP contribution in [-0.4, -0.2) is 87.3 Å². The summed E-state index contributed by atoms with van der Waals surface area (Å²) in [7, 11) is 8.31. The predicted molar refractivity (Wildman–Crippen MR) is 185 cm³/mol. The zero-order valence-corrected chi connectivity index (χ0v) is 33.1. The van der Waals surface area contributed by atoms with E-state index in [4.69, 9.17) is 32.8 Å². The Balaban J connectivity index is 2.12. The van der Waals surface area contributed by atoms with Gasteiger partial charge in [0, 0.05) is 0 Å². The van der Waals surface area contributed by atoms with Crippen molar-refractivity contribution in [1.29, 1.82) is 0 Å². The zero-order chi connectivity index (χ0) is 30.9. The molecule has 230 valence electrons. The highest BCUT2D eigenvalue weighted by molar-refractivity contribution is 6.61. The van der Waals surface area contributed by atoms with Crippen molar-refractivity contribution in [3.8, 4) is 34.5 Å². The van der Waals surface area contributed by atoms with Gasteiger partial charge >= 0.3 is 0 Å². The highest BCUT2D eigenvalue weighted by atomic mass is 28.2. The van der Waals surface area contributed by atoms with Crippen LogP contribution in [0.1, 0.15) is 20.8 Å². The fraction of sp³-hybridized carbons (Fsp3) is 0.419. The summed E-state index contributed by atoms with van der Waals surface area (Å²) in [4.78, 5) is 0. The second-order valence-corrected chi connectivity index (χ2v) is 18.4. The number of ether oxygens (including phenoxy) is 6. The summed E-state index contributed by atoms with van der Waals surface area (Å²) < 4.78 is 41.5. The molecule has 3 unspecified atom stereocenters. The van der Waals surface area contributed by atoms with Crippen LogP contribution in [0.4, 0.5) is 0 Å². The molecule has 42 heavy (non-hydrogen) atoms. The molecule has 0 N–H and O–H groups in total. The fourth-order valence-corrected chi connectivity index (χ4v) is 18.3. The summed E-state index contributed by atoms with van der Waals surface area (Å²) in [6.07, 6.45) is 0. The largest absolute Gasteiger partial charge is 0.493 e. The van der Waals surface area contributed by atoms with E-state index in [2.05, 4.69) is 57.2 Å². The second kappa shape index (κ2) is 15.7. The molecule has 0 aliphatic carbocycles. The van der Waals surface area contributed by atoms with Crippen molar-refractivity contribution in [2.75, 3.05) is 42.7 Å². The highest BCUT2D eigenvalue weighted by Gasteiger charge is 2.46. The third-order valence-electron chi connectivity index (χ3n) is 8.70. The van der Waals surface area contributed by atoms with Crippen molar-refractivity contribution in [3.63, 3.8) is 0 Å². The van der Waals surface area contributed by atoms with Gasteiger partial charge in [-0.15, -0.1) is 0 Å². The molecule has 3 aromatic carbocycles. The Bertz CT molecular complexity index is 1150. The summed E-state index contributed by atoms with van der Waals surface area (Å²) in [6, 6.07) is 18.7. The summed E-state index contributed by atoms with van der Waals surface area (Å²) >= 11 is 0. The highest BCUT2D eigenvalue weighted by Crippen LogP contribution is 2.47. The molecule has 3 aromatic rings. The SMILES string of the molecule is COc1cccc([SiH2]C(C)C(O[SiH3])(C(C)[SiH2]c2cccc(OC)c2OC)C(C)[SiH2]c2cccc(OC)c2OC)c1OC. The Labute approximate surface area is 261 Å². The third kappa shape index (κ3) is 6.91. The van der Waals surface area contributed by atoms with Gasteiger partial charge in [-0.1, -0.05) is 57.2 Å². The molecule has 0 amide bonds. The van der Waals surface area contributed by atoms with Gasteiger partial charge in [0.2, 0.25) is 0 Å². The quantitative estimate of drug-likeness (QED) is 0.216. The minimum absolute atomic E-state index is 0.312. The lowest BCUT2D eigenvalue weighted by Crippen LogP contribution is -2.52. The van der Waals surface area contributed by atoms with Gasteiger partial charge in [-0.2, -0.15) is 0 Å². The molecule has 0 aliphatic rings. The smallest absolute Gasteiger partial charge is 0.160 e. The molecule has 0 fully saturated rings. The second-order valence-electron chi connectivity index (χ2n) is 10.8. The van der Waals surface area contributed by atoms with E-state index in [1.807, 2.05) is 18.2 Å². The Kier molecular flexibility index (Phi) is 12.6. The molecule has 3 rings (SSSR count). The molecule has 7 nitrogen and oxygen atoms in total. The van der Waals surface area contributed by atoms with E-state index in [9.17, 15) is 0 Å². The molecule has 0 radical (unpaired) electrons. The molecule has 0 aliphatic heterocycles. The van der Waals surface area contributed by atoms with Crippen molar-refractivity contribution >= 4 is 54.6 Å². The van der Waals surface area contributed by atoms with Crippen LogP contribution >= 0.6 is 0 Å². The summed E-state index contributed by atoms with van der Waals surface area (Å²) in [6.45, 7) is 7.18. The first kappa shape index (κ1) is 33.8. The van der Waals surface area contributed by atoms with E-state index in [0.717, 1.165) is 34.5 Å². The number of rotatable bonds is 16. The molecule has 0 aromatic heterocycles. The number of benzene rings is 3. The van der Waals surface area contributed by atoms with Crippen molar-refractivity contribution in [2.45, 2.75) is 43.0 Å². The molecule has 0 saturated carbocycles. The van der Waals surface area contributed by atoms with Crippen LogP contribution in [0.2, 0.25) is 16.6 Å². The Morgan fingerprint density at radius 3 is 1.00 bits per heavy atom. The Hall–Kier alpha value is -2.71. The van der Waals surface area contributed by atoms with Gasteiger partial charge < -0.3 is 32.8 Å². The minimum atomic E-state index is -0.866. The standard InChI is InChI=1S/C31H48O7Si4/c1-19(40-25-16-10-13-22(32-4)28(25)35-7)31(38-39,20(2)41-26-17-11-14-23(33-5)29(26)36-8)21(3)42-27-18-12-15-24(34-6)30(27)37-9/h10-21H,40-42H2,1-9,39H3. The molecular formula is C31H48O7Si4. The van der Waals surface area contributed by atoms with E-state index < -0.39 is 28.6 Å². The Morgan fingerprint density at radius 2 is 0.786 bits per heavy atom. The average Bonchev–Trinajstić information content (AvgIpc) is 3.01. The number of para-hydroxylation sites is 3. The van der Waals surface area contributed by atoms with Crippen LogP contribution in [0.5, 0.6) is 34.5 Å². The van der Waals surface area contributed by atoms with Crippen LogP contribution in [0.25, 0.3) is 0 Å². The maximum atomic E-state index is 6.96. The van der Waals surface area contributed by atoms with Gasteiger partial charge in [-0.3, -0.25) is 0 Å². The van der Waals surface area contributed by atoms with Crippen LogP contribution in [0.15, 0.2) is 54.6 Å². The van der Waals surface area contributed by atoms with Gasteiger partial charge in [0.25, 0.3) is 0 Å². The monoisotopic (exact) mass is 644 g/mol. The van der Waals surface area contributed by atoms with Crippen molar-refractivity contribution < 1.29 is 32.8 Å². The Morgan fingerprint density at radius 1 is 0.500 bits per heavy atom. The molecule has 11 heteroatoms. The van der Waals surface area contributed by atoms with Gasteiger partial charge in [0.15, 0.2) is 34.5 Å². The maximum Gasteiger partial charge on any atom is 0.160 e. The minimum Gasteiger partial charge on any atom is -0.493 e. The van der Waals surface area contributed by atoms with Crippen LogP contribution in [0.3, 0.4) is 0 Å². The lowest BCUT2D eigenvalue weighted by Gasteiger charge is -2.48. The predicted octanol–water partition coefficient (Wildman–Crippen LogP) is 0.982. The van der Waals surface area contributed by atoms with Crippen LogP contribution < -0.4 is 44.0 Å². The average molecular weight is 645 g/mol. The first-order chi connectivity index (χ1) is 20.2. The van der Waals surface area contributed by atoms with Gasteiger partial charge in [-0.05, 0) is 50.4 Å². The van der Waals surface area contributed by atoms with E-state index in [1.165, 1.54) is 15.6 Å².